The number of aromatic nitrogens is 1. The van der Waals surface area contributed by atoms with E-state index in [1.165, 1.54) is 5.56 Å². The van der Waals surface area contributed by atoms with Crippen LogP contribution in [0.1, 0.15) is 48.2 Å². The molecular formula is C28H30N2O3. The molecule has 1 fully saturated rings. The lowest BCUT2D eigenvalue weighted by Crippen LogP contribution is -2.51. The molecule has 0 saturated carbocycles. The molecule has 0 amide bonds. The highest BCUT2D eigenvalue weighted by molar-refractivity contribution is 5.90. The van der Waals surface area contributed by atoms with E-state index in [0.29, 0.717) is 13.0 Å². The highest BCUT2D eigenvalue weighted by atomic mass is 16.5. The first-order chi connectivity index (χ1) is 16.0. The zero-order valence-electron chi connectivity index (χ0n) is 18.9. The van der Waals surface area contributed by atoms with Crippen LogP contribution in [0.25, 0.3) is 21.7 Å². The Hall–Kier alpha value is -2.86. The number of aliphatic hydroxyl groups is 2. The molecule has 2 atom stereocenters. The minimum atomic E-state index is -0.543. The third-order valence-electron chi connectivity index (χ3n) is 7.58. The largest absolute Gasteiger partial charge is 0.486 e. The molecule has 33 heavy (non-hydrogen) atoms. The molecule has 6 rings (SSSR count). The highest BCUT2D eigenvalue weighted by Crippen LogP contribution is 2.47. The van der Waals surface area contributed by atoms with Crippen molar-refractivity contribution in [1.82, 2.24) is 9.88 Å². The number of benzene rings is 3. The second-order valence-corrected chi connectivity index (χ2v) is 9.82. The number of H-pyrrole nitrogens is 1. The fourth-order valence-electron chi connectivity index (χ4n) is 5.69. The van der Waals surface area contributed by atoms with Crippen LogP contribution in [0.4, 0.5) is 0 Å². The van der Waals surface area contributed by atoms with Gasteiger partial charge in [-0.2, -0.15) is 0 Å². The third kappa shape index (κ3) is 3.61. The number of nitrogens with one attached hydrogen (secondary N) is 1. The van der Waals surface area contributed by atoms with Crippen LogP contribution in [0.15, 0.2) is 60.8 Å². The van der Waals surface area contributed by atoms with Crippen molar-refractivity contribution in [1.29, 1.82) is 0 Å². The second-order valence-electron chi connectivity index (χ2n) is 9.82. The molecule has 4 aromatic rings. The van der Waals surface area contributed by atoms with E-state index in [9.17, 15) is 10.2 Å². The number of ether oxygens (including phenoxy) is 1. The zero-order valence-corrected chi connectivity index (χ0v) is 18.9. The maximum absolute atomic E-state index is 11.0. The third-order valence-corrected chi connectivity index (χ3v) is 7.58. The van der Waals surface area contributed by atoms with Gasteiger partial charge in [-0.25, -0.2) is 0 Å². The van der Waals surface area contributed by atoms with E-state index in [1.54, 1.807) is 0 Å². The standard InChI is InChI=1S/C28H30N2O3/c1-18-6-8-21-23(16-29-24(21)14-18)26(32)17-30-12-10-28(11-13-30)15-25(31)22-9-7-19-4-2-3-5-20(19)27(22)33-28/h2-9,14,16,25-26,29,31-32H,10-13,15,17H2,1H3/t25-,26+/m0/s1. The van der Waals surface area contributed by atoms with Crippen LogP contribution in [-0.4, -0.2) is 45.3 Å². The lowest BCUT2D eigenvalue weighted by Gasteiger charge is -2.46. The van der Waals surface area contributed by atoms with Crippen molar-refractivity contribution in [3.8, 4) is 5.75 Å². The predicted molar refractivity (Wildman–Crippen MR) is 131 cm³/mol. The highest BCUT2D eigenvalue weighted by Gasteiger charge is 2.43. The summed E-state index contributed by atoms with van der Waals surface area (Å²) in [6.45, 7) is 4.35. The number of fused-ring (bicyclic) bond motifs is 4. The van der Waals surface area contributed by atoms with Gasteiger partial charge in [0.25, 0.3) is 0 Å². The molecule has 3 aromatic carbocycles. The maximum atomic E-state index is 11.0. The summed E-state index contributed by atoms with van der Waals surface area (Å²) >= 11 is 0. The molecule has 1 aromatic heterocycles. The molecule has 170 valence electrons. The summed E-state index contributed by atoms with van der Waals surface area (Å²) in [7, 11) is 0. The lowest BCUT2D eigenvalue weighted by molar-refractivity contribution is -0.0576. The van der Waals surface area contributed by atoms with E-state index in [4.69, 9.17) is 4.74 Å². The summed E-state index contributed by atoms with van der Waals surface area (Å²) in [5.41, 5.74) is 3.77. The van der Waals surface area contributed by atoms with Crippen molar-refractivity contribution >= 4 is 21.7 Å². The molecular weight excluding hydrogens is 412 g/mol. The Morgan fingerprint density at radius 2 is 1.91 bits per heavy atom. The van der Waals surface area contributed by atoms with Crippen LogP contribution in [0.5, 0.6) is 5.75 Å². The summed E-state index contributed by atoms with van der Waals surface area (Å²) in [4.78, 5) is 5.61. The Labute approximate surface area is 193 Å². The summed E-state index contributed by atoms with van der Waals surface area (Å²) in [5, 5.41) is 25.2. The number of rotatable bonds is 3. The minimum absolute atomic E-state index is 0.351. The SMILES string of the molecule is Cc1ccc2c([C@H](O)CN3CCC4(CC3)C[C@H](O)c3ccc5ccccc5c3O4)c[nH]c2c1. The number of hydrogen-bond donors (Lipinski definition) is 3. The summed E-state index contributed by atoms with van der Waals surface area (Å²) in [6, 6.07) is 18.6. The van der Waals surface area contributed by atoms with Gasteiger partial charge in [0.05, 0.1) is 12.2 Å². The Morgan fingerprint density at radius 3 is 2.76 bits per heavy atom. The summed E-state index contributed by atoms with van der Waals surface area (Å²) in [6.07, 6.45) is 3.18. The molecule has 0 unspecified atom stereocenters. The van der Waals surface area contributed by atoms with Crippen molar-refractivity contribution in [2.75, 3.05) is 19.6 Å². The molecule has 2 aliphatic rings. The van der Waals surface area contributed by atoms with E-state index in [-0.39, 0.29) is 5.60 Å². The first-order valence-electron chi connectivity index (χ1n) is 11.9. The Bertz CT molecular complexity index is 1320. The van der Waals surface area contributed by atoms with Gasteiger partial charge in [0, 0.05) is 59.7 Å². The Balaban J connectivity index is 1.18. The quantitative estimate of drug-likeness (QED) is 0.417. The van der Waals surface area contributed by atoms with Crippen LogP contribution in [-0.2, 0) is 0 Å². The fraction of sp³-hybridized carbons (Fsp3) is 0.357. The van der Waals surface area contributed by atoms with Gasteiger partial charge in [0.15, 0.2) is 0 Å². The molecule has 3 heterocycles. The number of aryl methyl sites for hydroxylation is 1. The molecule has 0 bridgehead atoms. The number of likely N-dealkylation sites (tertiary alicyclic amines) is 1. The van der Waals surface area contributed by atoms with E-state index >= 15 is 0 Å². The van der Waals surface area contributed by atoms with Gasteiger partial charge in [-0.1, -0.05) is 48.5 Å². The summed E-state index contributed by atoms with van der Waals surface area (Å²) < 4.78 is 6.68. The van der Waals surface area contributed by atoms with Crippen molar-refractivity contribution < 1.29 is 14.9 Å². The number of aromatic amines is 1. The first kappa shape index (κ1) is 20.7. The van der Waals surface area contributed by atoms with Crippen LogP contribution in [0.2, 0.25) is 0 Å². The van der Waals surface area contributed by atoms with Crippen LogP contribution >= 0.6 is 0 Å². The van der Waals surface area contributed by atoms with Crippen molar-refractivity contribution in [2.45, 2.75) is 44.0 Å². The first-order valence-corrected chi connectivity index (χ1v) is 11.9. The monoisotopic (exact) mass is 442 g/mol. The van der Waals surface area contributed by atoms with Gasteiger partial charge in [-0.05, 0) is 36.8 Å². The molecule has 5 heteroatoms. The molecule has 2 aliphatic heterocycles. The van der Waals surface area contributed by atoms with Gasteiger partial charge in [0.2, 0.25) is 0 Å². The smallest absolute Gasteiger partial charge is 0.133 e. The topological polar surface area (TPSA) is 68.7 Å². The Morgan fingerprint density at radius 1 is 1.09 bits per heavy atom. The van der Waals surface area contributed by atoms with E-state index in [1.807, 2.05) is 24.4 Å². The Kier molecular flexibility index (Phi) is 4.94. The van der Waals surface area contributed by atoms with Gasteiger partial charge in [0.1, 0.15) is 11.4 Å². The minimum Gasteiger partial charge on any atom is -0.486 e. The zero-order chi connectivity index (χ0) is 22.6. The van der Waals surface area contributed by atoms with Crippen molar-refractivity contribution in [2.24, 2.45) is 0 Å². The van der Waals surface area contributed by atoms with Gasteiger partial charge < -0.3 is 24.8 Å². The fourth-order valence-corrected chi connectivity index (χ4v) is 5.69. The van der Waals surface area contributed by atoms with Gasteiger partial charge in [-0.15, -0.1) is 0 Å². The lowest BCUT2D eigenvalue weighted by atomic mass is 9.81. The van der Waals surface area contributed by atoms with Crippen LogP contribution < -0.4 is 4.74 Å². The normalized spacial score (nSPS) is 21.2. The molecule has 0 aliphatic carbocycles. The van der Waals surface area contributed by atoms with Crippen LogP contribution in [0.3, 0.4) is 0 Å². The molecule has 5 nitrogen and oxygen atoms in total. The van der Waals surface area contributed by atoms with Crippen molar-refractivity contribution in [3.05, 3.63) is 77.5 Å². The number of piperidine rings is 1. The molecule has 1 spiro atoms. The van der Waals surface area contributed by atoms with Gasteiger partial charge >= 0.3 is 0 Å². The van der Waals surface area contributed by atoms with E-state index in [0.717, 1.165) is 64.5 Å². The maximum Gasteiger partial charge on any atom is 0.133 e. The van der Waals surface area contributed by atoms with Crippen LogP contribution in [0, 0.1) is 6.92 Å². The number of hydrogen-bond acceptors (Lipinski definition) is 4. The van der Waals surface area contributed by atoms with Gasteiger partial charge in [-0.3, -0.25) is 0 Å². The van der Waals surface area contributed by atoms with Crippen molar-refractivity contribution in [3.63, 3.8) is 0 Å². The summed E-state index contributed by atoms with van der Waals surface area (Å²) in [5.74, 6) is 0.842. The van der Waals surface area contributed by atoms with E-state index < -0.39 is 12.2 Å². The number of β-amino-alcohol motifs (C(OH)–C–C–N with tert-alkyl or cyclic N) is 1. The predicted octanol–water partition coefficient (Wildman–Crippen LogP) is 5.01. The number of aliphatic hydroxyl groups excluding tert-OH is 2. The molecule has 1 saturated heterocycles. The van der Waals surface area contributed by atoms with E-state index in [2.05, 4.69) is 53.2 Å². The average molecular weight is 443 g/mol. The second kappa shape index (κ2) is 7.87. The molecule has 3 N–H and O–H groups in total. The average Bonchev–Trinajstić information content (AvgIpc) is 3.24. The number of nitrogens with zero attached hydrogens (tertiary/aromatic N) is 1. The molecule has 0 radical (unpaired) electrons.